The molecule has 0 unspecified atom stereocenters. The highest BCUT2D eigenvalue weighted by molar-refractivity contribution is 5.76. The van der Waals surface area contributed by atoms with Gasteiger partial charge in [0.15, 0.2) is 11.5 Å². The van der Waals surface area contributed by atoms with E-state index in [4.69, 9.17) is 31.1 Å². The zero-order valence-corrected chi connectivity index (χ0v) is 11.9. The van der Waals surface area contributed by atoms with Crippen LogP contribution in [0.2, 0.25) is 0 Å². The summed E-state index contributed by atoms with van der Waals surface area (Å²) < 4.78 is 15.6. The molecule has 0 rings (SSSR count). The van der Waals surface area contributed by atoms with Crippen LogP contribution in [0.5, 0.6) is 0 Å². The molecule has 0 aromatic rings. The summed E-state index contributed by atoms with van der Waals surface area (Å²) in [6.07, 6.45) is 4.17. The number of methoxy groups -OCH3 is 3. The van der Waals surface area contributed by atoms with Crippen LogP contribution >= 0.6 is 0 Å². The van der Waals surface area contributed by atoms with Crippen molar-refractivity contribution in [3.05, 3.63) is 34.7 Å². The SMILES string of the molecule is CO/C(C)=C(OC)/C(=C\CCC(C=N)=C(N)N)OC. The third kappa shape index (κ3) is 5.37. The highest BCUT2D eigenvalue weighted by Crippen LogP contribution is 2.18. The van der Waals surface area contributed by atoms with Crippen LogP contribution in [0.25, 0.3) is 0 Å². The molecule has 0 aromatic heterocycles. The van der Waals surface area contributed by atoms with Gasteiger partial charge in [-0.1, -0.05) is 0 Å². The summed E-state index contributed by atoms with van der Waals surface area (Å²) in [5.41, 5.74) is 11.5. The van der Waals surface area contributed by atoms with Gasteiger partial charge in [-0.3, -0.25) is 0 Å². The molecule has 0 fully saturated rings. The van der Waals surface area contributed by atoms with Gasteiger partial charge in [0.2, 0.25) is 0 Å². The van der Waals surface area contributed by atoms with E-state index in [2.05, 4.69) is 0 Å². The molecule has 6 heteroatoms. The first-order chi connectivity index (χ1) is 9.01. The summed E-state index contributed by atoms with van der Waals surface area (Å²) in [6, 6.07) is 0. The fourth-order valence-electron chi connectivity index (χ4n) is 1.44. The molecule has 0 atom stereocenters. The summed E-state index contributed by atoms with van der Waals surface area (Å²) in [7, 11) is 4.66. The van der Waals surface area contributed by atoms with E-state index < -0.39 is 0 Å². The number of allylic oxidation sites excluding steroid dienone is 3. The highest BCUT2D eigenvalue weighted by Gasteiger charge is 2.10. The van der Waals surface area contributed by atoms with Gasteiger partial charge in [0.25, 0.3) is 0 Å². The lowest BCUT2D eigenvalue weighted by atomic mass is 10.1. The molecule has 0 aliphatic heterocycles. The van der Waals surface area contributed by atoms with E-state index in [0.29, 0.717) is 35.7 Å². The van der Waals surface area contributed by atoms with E-state index in [0.717, 1.165) is 6.21 Å². The van der Waals surface area contributed by atoms with Crippen LogP contribution in [-0.2, 0) is 14.2 Å². The van der Waals surface area contributed by atoms with Crippen LogP contribution < -0.4 is 11.5 Å². The smallest absolute Gasteiger partial charge is 0.198 e. The van der Waals surface area contributed by atoms with E-state index in [-0.39, 0.29) is 5.82 Å². The third-order valence-electron chi connectivity index (χ3n) is 2.56. The van der Waals surface area contributed by atoms with E-state index in [9.17, 15) is 0 Å². The first kappa shape index (κ1) is 16.9. The van der Waals surface area contributed by atoms with Crippen molar-refractivity contribution >= 4 is 6.21 Å². The van der Waals surface area contributed by atoms with Gasteiger partial charge >= 0.3 is 0 Å². The molecule has 0 amide bonds. The second kappa shape index (κ2) is 8.91. The van der Waals surface area contributed by atoms with Gasteiger partial charge in [0.05, 0.1) is 27.2 Å². The van der Waals surface area contributed by atoms with Crippen molar-refractivity contribution in [2.75, 3.05) is 21.3 Å². The molecule has 0 saturated heterocycles. The first-order valence-electron chi connectivity index (χ1n) is 5.79. The van der Waals surface area contributed by atoms with Crippen LogP contribution in [-0.4, -0.2) is 27.5 Å². The Bertz CT molecular complexity index is 394. The standard InChI is InChI=1S/C13H23N3O3/c1-9(17-2)12(19-4)11(18-3)7-5-6-10(8-14)13(15)16/h7-8,14H,5-6,15-16H2,1-4H3/b11-7+,12-9-,14-8?. The minimum atomic E-state index is 0.165. The predicted molar refractivity (Wildman–Crippen MR) is 75.2 cm³/mol. The Labute approximate surface area is 114 Å². The zero-order chi connectivity index (χ0) is 14.8. The van der Waals surface area contributed by atoms with Crippen LogP contribution in [0, 0.1) is 5.41 Å². The maximum atomic E-state index is 7.19. The fraction of sp³-hybridized carbons (Fsp3) is 0.462. The molecule has 0 aliphatic carbocycles. The Morgan fingerprint density at radius 1 is 1.11 bits per heavy atom. The second-order valence-corrected chi connectivity index (χ2v) is 3.73. The minimum Gasteiger partial charge on any atom is -0.497 e. The molecular weight excluding hydrogens is 246 g/mol. The molecule has 6 nitrogen and oxygen atoms in total. The van der Waals surface area contributed by atoms with Crippen molar-refractivity contribution in [1.82, 2.24) is 0 Å². The Morgan fingerprint density at radius 2 is 1.74 bits per heavy atom. The normalized spacial score (nSPS) is 12.3. The molecule has 108 valence electrons. The van der Waals surface area contributed by atoms with Gasteiger partial charge in [0, 0.05) is 11.8 Å². The highest BCUT2D eigenvalue weighted by atomic mass is 16.5. The van der Waals surface area contributed by atoms with Crippen LogP contribution in [0.3, 0.4) is 0 Å². The Balaban J connectivity index is 4.93. The number of rotatable bonds is 8. The summed E-state index contributed by atoms with van der Waals surface area (Å²) in [4.78, 5) is 0. The average Bonchev–Trinajstić information content (AvgIpc) is 2.41. The van der Waals surface area contributed by atoms with E-state index in [1.54, 1.807) is 28.3 Å². The lowest BCUT2D eigenvalue weighted by molar-refractivity contribution is 0.185. The quantitative estimate of drug-likeness (QED) is 0.353. The van der Waals surface area contributed by atoms with Crippen molar-refractivity contribution in [1.29, 1.82) is 5.41 Å². The second-order valence-electron chi connectivity index (χ2n) is 3.73. The summed E-state index contributed by atoms with van der Waals surface area (Å²) >= 11 is 0. The van der Waals surface area contributed by atoms with E-state index in [1.807, 2.05) is 6.08 Å². The summed E-state index contributed by atoms with van der Waals surface area (Å²) in [5, 5.41) is 7.19. The molecule has 5 N–H and O–H groups in total. The Hall–Kier alpha value is -2.11. The topological polar surface area (TPSA) is 104 Å². The van der Waals surface area contributed by atoms with E-state index in [1.165, 1.54) is 0 Å². The maximum absolute atomic E-state index is 7.19. The van der Waals surface area contributed by atoms with Gasteiger partial charge in [0.1, 0.15) is 5.76 Å². The van der Waals surface area contributed by atoms with Crippen molar-refractivity contribution < 1.29 is 14.2 Å². The van der Waals surface area contributed by atoms with Gasteiger partial charge in [-0.15, -0.1) is 0 Å². The minimum absolute atomic E-state index is 0.165. The molecule has 19 heavy (non-hydrogen) atoms. The average molecular weight is 269 g/mol. The van der Waals surface area contributed by atoms with Crippen molar-refractivity contribution in [2.45, 2.75) is 19.8 Å². The Kier molecular flexibility index (Phi) is 7.92. The number of hydrogen-bond acceptors (Lipinski definition) is 6. The van der Waals surface area contributed by atoms with Crippen molar-refractivity contribution in [3.63, 3.8) is 0 Å². The number of nitrogens with one attached hydrogen (secondary N) is 1. The van der Waals surface area contributed by atoms with Crippen LogP contribution in [0.1, 0.15) is 19.8 Å². The number of ether oxygens (including phenoxy) is 3. The third-order valence-corrected chi connectivity index (χ3v) is 2.56. The molecule has 0 spiro atoms. The van der Waals surface area contributed by atoms with Crippen molar-refractivity contribution in [3.8, 4) is 0 Å². The van der Waals surface area contributed by atoms with Crippen molar-refractivity contribution in [2.24, 2.45) is 11.5 Å². The largest absolute Gasteiger partial charge is 0.497 e. The van der Waals surface area contributed by atoms with Crippen LogP contribution in [0.15, 0.2) is 34.7 Å². The molecule has 0 heterocycles. The lowest BCUT2D eigenvalue weighted by Crippen LogP contribution is -2.12. The molecule has 0 saturated carbocycles. The maximum Gasteiger partial charge on any atom is 0.198 e. The molecular formula is C13H23N3O3. The van der Waals surface area contributed by atoms with Gasteiger partial charge < -0.3 is 31.1 Å². The van der Waals surface area contributed by atoms with E-state index >= 15 is 0 Å². The summed E-state index contributed by atoms with van der Waals surface area (Å²) in [6.45, 7) is 1.78. The lowest BCUT2D eigenvalue weighted by Gasteiger charge is -2.12. The fourth-order valence-corrected chi connectivity index (χ4v) is 1.44. The monoisotopic (exact) mass is 269 g/mol. The number of hydrogen-bond donors (Lipinski definition) is 3. The van der Waals surface area contributed by atoms with Crippen LogP contribution in [0.4, 0.5) is 0 Å². The predicted octanol–water partition coefficient (Wildman–Crippen LogP) is 1.60. The molecule has 0 radical (unpaired) electrons. The summed E-state index contributed by atoms with van der Waals surface area (Å²) in [5.74, 6) is 1.89. The van der Waals surface area contributed by atoms with Gasteiger partial charge in [-0.2, -0.15) is 0 Å². The zero-order valence-electron chi connectivity index (χ0n) is 11.9. The van der Waals surface area contributed by atoms with Gasteiger partial charge in [-0.05, 0) is 25.8 Å². The molecule has 0 aliphatic rings. The number of nitrogens with two attached hydrogens (primary N) is 2. The Morgan fingerprint density at radius 3 is 2.11 bits per heavy atom. The molecule has 0 aromatic carbocycles. The van der Waals surface area contributed by atoms with Gasteiger partial charge in [-0.25, -0.2) is 0 Å². The molecule has 0 bridgehead atoms. The first-order valence-corrected chi connectivity index (χ1v) is 5.79.